The lowest BCUT2D eigenvalue weighted by Crippen LogP contribution is -2.13. The monoisotopic (exact) mass is 413 g/mol. The Bertz CT molecular complexity index is 1230. The van der Waals surface area contributed by atoms with Crippen molar-refractivity contribution in [1.82, 2.24) is 9.78 Å². The van der Waals surface area contributed by atoms with Crippen molar-refractivity contribution in [3.63, 3.8) is 0 Å². The Labute approximate surface area is 178 Å². The number of nitro groups is 1. The third-order valence-corrected chi connectivity index (χ3v) is 4.72. The van der Waals surface area contributed by atoms with E-state index in [0.717, 1.165) is 17.1 Å². The van der Waals surface area contributed by atoms with E-state index in [-0.39, 0.29) is 11.6 Å². The van der Waals surface area contributed by atoms with Crippen LogP contribution in [0.3, 0.4) is 0 Å². The van der Waals surface area contributed by atoms with E-state index in [1.807, 2.05) is 55.5 Å². The number of non-ortho nitro benzene ring substituents is 1. The molecule has 31 heavy (non-hydrogen) atoms. The van der Waals surface area contributed by atoms with Gasteiger partial charge in [0.05, 0.1) is 28.2 Å². The van der Waals surface area contributed by atoms with Gasteiger partial charge in [0.2, 0.25) is 0 Å². The maximum atomic E-state index is 12.7. The van der Waals surface area contributed by atoms with Gasteiger partial charge in [-0.25, -0.2) is 4.68 Å². The van der Waals surface area contributed by atoms with Crippen LogP contribution in [0.2, 0.25) is 0 Å². The molecule has 0 atom stereocenters. The van der Waals surface area contributed by atoms with Crippen molar-refractivity contribution in [2.45, 2.75) is 6.92 Å². The second kappa shape index (κ2) is 8.50. The van der Waals surface area contributed by atoms with Gasteiger partial charge in [-0.2, -0.15) is 5.10 Å². The van der Waals surface area contributed by atoms with Gasteiger partial charge in [0, 0.05) is 23.3 Å². The zero-order valence-corrected chi connectivity index (χ0v) is 16.6. The number of para-hydroxylation sites is 3. The van der Waals surface area contributed by atoms with Gasteiger partial charge >= 0.3 is 0 Å². The molecular weight excluding hydrogens is 394 g/mol. The molecule has 8 nitrogen and oxygen atoms in total. The number of rotatable bonds is 6. The smallest absolute Gasteiger partial charge is 0.269 e. The summed E-state index contributed by atoms with van der Waals surface area (Å²) in [5.41, 5.74) is 3.38. The predicted molar refractivity (Wildman–Crippen MR) is 119 cm³/mol. The first-order valence-electron chi connectivity index (χ1n) is 9.55. The van der Waals surface area contributed by atoms with Gasteiger partial charge in [0.25, 0.3) is 11.6 Å². The van der Waals surface area contributed by atoms with E-state index in [0.29, 0.717) is 16.9 Å². The first-order chi connectivity index (χ1) is 15.0. The summed E-state index contributed by atoms with van der Waals surface area (Å²) in [5, 5.41) is 21.5. The number of anilines is 3. The fraction of sp³-hybridized carbons (Fsp3) is 0.0435. The molecule has 0 aliphatic carbocycles. The molecule has 1 aromatic heterocycles. The van der Waals surface area contributed by atoms with Crippen LogP contribution in [0.4, 0.5) is 22.9 Å². The number of nitro benzene ring substituents is 1. The molecule has 0 unspecified atom stereocenters. The highest BCUT2D eigenvalue weighted by Gasteiger charge is 2.14. The molecule has 0 spiro atoms. The Morgan fingerprint density at radius 3 is 2.26 bits per heavy atom. The van der Waals surface area contributed by atoms with Crippen molar-refractivity contribution in [2.75, 3.05) is 10.6 Å². The van der Waals surface area contributed by atoms with E-state index < -0.39 is 4.92 Å². The van der Waals surface area contributed by atoms with Crippen LogP contribution in [0.5, 0.6) is 0 Å². The highest BCUT2D eigenvalue weighted by molar-refractivity contribution is 6.06. The van der Waals surface area contributed by atoms with Gasteiger partial charge in [-0.1, -0.05) is 30.3 Å². The van der Waals surface area contributed by atoms with Crippen molar-refractivity contribution in [1.29, 1.82) is 0 Å². The topological polar surface area (TPSA) is 102 Å². The van der Waals surface area contributed by atoms with Crippen LogP contribution in [0.1, 0.15) is 15.9 Å². The largest absolute Gasteiger partial charge is 0.338 e. The number of carbonyl (C=O) groups excluding carboxylic acids is 1. The molecule has 4 aromatic rings. The number of hydrogen-bond donors (Lipinski definition) is 2. The Morgan fingerprint density at radius 2 is 1.58 bits per heavy atom. The zero-order valence-electron chi connectivity index (χ0n) is 16.6. The summed E-state index contributed by atoms with van der Waals surface area (Å²) in [6.07, 6.45) is 1.77. The minimum Gasteiger partial charge on any atom is -0.338 e. The number of carbonyl (C=O) groups is 1. The number of amides is 1. The molecule has 4 rings (SSSR count). The maximum absolute atomic E-state index is 12.7. The van der Waals surface area contributed by atoms with Gasteiger partial charge in [0.15, 0.2) is 0 Å². The lowest BCUT2D eigenvalue weighted by Gasteiger charge is -2.15. The number of aryl methyl sites for hydroxylation is 1. The fourth-order valence-corrected chi connectivity index (χ4v) is 3.10. The molecule has 0 saturated heterocycles. The second-order valence-corrected chi connectivity index (χ2v) is 6.85. The molecule has 154 valence electrons. The fourth-order valence-electron chi connectivity index (χ4n) is 3.10. The highest BCUT2D eigenvalue weighted by Crippen LogP contribution is 2.29. The van der Waals surface area contributed by atoms with E-state index in [1.54, 1.807) is 16.9 Å². The molecule has 0 saturated carbocycles. The van der Waals surface area contributed by atoms with Crippen molar-refractivity contribution in [2.24, 2.45) is 0 Å². The number of aromatic nitrogens is 2. The average Bonchev–Trinajstić information content (AvgIpc) is 3.16. The van der Waals surface area contributed by atoms with Gasteiger partial charge in [-0.3, -0.25) is 14.9 Å². The summed E-state index contributed by atoms with van der Waals surface area (Å²) < 4.78 is 1.80. The Hall–Kier alpha value is -4.46. The Balaban J connectivity index is 1.60. The van der Waals surface area contributed by atoms with Crippen LogP contribution in [0, 0.1) is 17.0 Å². The minimum atomic E-state index is -0.501. The lowest BCUT2D eigenvalue weighted by atomic mass is 10.2. The van der Waals surface area contributed by atoms with Crippen molar-refractivity contribution >= 4 is 28.8 Å². The van der Waals surface area contributed by atoms with Crippen molar-refractivity contribution < 1.29 is 9.72 Å². The van der Waals surface area contributed by atoms with Crippen LogP contribution in [-0.2, 0) is 0 Å². The Kier molecular flexibility index (Phi) is 5.44. The van der Waals surface area contributed by atoms with Crippen LogP contribution < -0.4 is 10.6 Å². The predicted octanol–water partition coefficient (Wildman–Crippen LogP) is 5.08. The molecule has 1 amide bonds. The molecule has 0 bridgehead atoms. The normalized spacial score (nSPS) is 10.5. The first kappa shape index (κ1) is 19.8. The molecule has 8 heteroatoms. The third kappa shape index (κ3) is 4.27. The molecule has 0 fully saturated rings. The number of nitrogens with zero attached hydrogens (tertiary/aromatic N) is 3. The second-order valence-electron chi connectivity index (χ2n) is 6.85. The maximum Gasteiger partial charge on any atom is 0.269 e. The van der Waals surface area contributed by atoms with Crippen LogP contribution in [0.15, 0.2) is 85.1 Å². The van der Waals surface area contributed by atoms with Crippen LogP contribution >= 0.6 is 0 Å². The van der Waals surface area contributed by atoms with Crippen LogP contribution in [0.25, 0.3) is 5.69 Å². The van der Waals surface area contributed by atoms with Gasteiger partial charge in [-0.05, 0) is 43.3 Å². The summed E-state index contributed by atoms with van der Waals surface area (Å²) >= 11 is 0. The summed E-state index contributed by atoms with van der Waals surface area (Å²) in [4.78, 5) is 23.0. The van der Waals surface area contributed by atoms with Gasteiger partial charge in [-0.15, -0.1) is 0 Å². The third-order valence-electron chi connectivity index (χ3n) is 4.72. The summed E-state index contributed by atoms with van der Waals surface area (Å²) in [6, 6.07) is 22.5. The van der Waals surface area contributed by atoms with E-state index in [4.69, 9.17) is 0 Å². The van der Waals surface area contributed by atoms with E-state index in [1.165, 1.54) is 24.3 Å². The average molecular weight is 413 g/mol. The Morgan fingerprint density at radius 1 is 0.935 bits per heavy atom. The molecular formula is C23H19N5O3. The molecule has 0 aliphatic rings. The number of nitrogens with one attached hydrogen (secondary N) is 2. The first-order valence-corrected chi connectivity index (χ1v) is 9.55. The molecule has 0 aliphatic heterocycles. The summed E-state index contributed by atoms with van der Waals surface area (Å²) in [7, 11) is 0. The van der Waals surface area contributed by atoms with E-state index in [9.17, 15) is 14.9 Å². The molecule has 2 N–H and O–H groups in total. The van der Waals surface area contributed by atoms with Gasteiger partial charge < -0.3 is 10.6 Å². The summed E-state index contributed by atoms with van der Waals surface area (Å²) in [5.74, 6) is 0.417. The number of hydrogen-bond acceptors (Lipinski definition) is 5. The number of benzene rings is 3. The summed E-state index contributed by atoms with van der Waals surface area (Å²) in [6.45, 7) is 1.95. The van der Waals surface area contributed by atoms with Crippen molar-refractivity contribution in [3.8, 4) is 5.69 Å². The highest BCUT2D eigenvalue weighted by atomic mass is 16.6. The molecule has 1 heterocycles. The minimum absolute atomic E-state index is 0.0664. The van der Waals surface area contributed by atoms with Crippen LogP contribution in [-0.4, -0.2) is 20.6 Å². The quantitative estimate of drug-likeness (QED) is 0.339. The van der Waals surface area contributed by atoms with Crippen molar-refractivity contribution in [3.05, 3.63) is 106 Å². The van der Waals surface area contributed by atoms with E-state index >= 15 is 0 Å². The van der Waals surface area contributed by atoms with E-state index in [2.05, 4.69) is 15.7 Å². The molecule has 0 radical (unpaired) electrons. The zero-order chi connectivity index (χ0) is 21.8. The standard InChI is InChI=1S/C23H19N5O3/c1-16-15-24-27(18-7-3-2-4-8-18)22(16)25-20-9-5-6-10-21(20)26-23(29)17-11-13-19(14-12-17)28(30)31/h2-15,25H,1H3,(H,26,29). The lowest BCUT2D eigenvalue weighted by molar-refractivity contribution is -0.384. The SMILES string of the molecule is Cc1cnn(-c2ccccc2)c1Nc1ccccc1NC(=O)c1ccc([N+](=O)[O-])cc1. The van der Waals surface area contributed by atoms with Gasteiger partial charge in [0.1, 0.15) is 5.82 Å². The molecule has 3 aromatic carbocycles.